The van der Waals surface area contributed by atoms with Gasteiger partial charge in [0.2, 0.25) is 0 Å². The van der Waals surface area contributed by atoms with Crippen LogP contribution in [0.15, 0.2) is 48.5 Å². The Bertz CT molecular complexity index is 588. The van der Waals surface area contributed by atoms with Crippen LogP contribution >= 0.6 is 0 Å². The highest BCUT2D eigenvalue weighted by Gasteiger charge is 2.18. The molecule has 0 spiro atoms. The second-order valence-electron chi connectivity index (χ2n) is 5.16. The smallest absolute Gasteiger partial charge is 0.256 e. The molecule has 0 saturated carbocycles. The van der Waals surface area contributed by atoms with Crippen molar-refractivity contribution >= 4 is 11.6 Å². The molecule has 2 aromatic carbocycles. The van der Waals surface area contributed by atoms with Crippen molar-refractivity contribution in [1.82, 2.24) is 4.90 Å². The first-order valence-corrected chi connectivity index (χ1v) is 7.31. The number of anilines is 1. The molecule has 2 rings (SSSR count). The summed E-state index contributed by atoms with van der Waals surface area (Å²) in [6, 6.07) is 15.8. The van der Waals surface area contributed by atoms with Crippen LogP contribution in [-0.2, 0) is 6.42 Å². The molecule has 0 heterocycles. The third-order valence-corrected chi connectivity index (χ3v) is 3.70. The van der Waals surface area contributed by atoms with Crippen LogP contribution < -0.4 is 5.73 Å². The SMILES string of the molecule is CCN(CCc1ccccc1)C(=O)c1c(C)cccc1N. The topological polar surface area (TPSA) is 46.3 Å². The Morgan fingerprint density at radius 2 is 1.81 bits per heavy atom. The lowest BCUT2D eigenvalue weighted by molar-refractivity contribution is 0.0766. The summed E-state index contributed by atoms with van der Waals surface area (Å²) in [5.41, 5.74) is 9.33. The fourth-order valence-corrected chi connectivity index (χ4v) is 2.45. The number of nitrogens with two attached hydrogens (primary N) is 1. The van der Waals surface area contributed by atoms with E-state index >= 15 is 0 Å². The van der Waals surface area contributed by atoms with E-state index < -0.39 is 0 Å². The number of likely N-dealkylation sites (N-methyl/N-ethyl adjacent to an activating group) is 1. The molecule has 1 amide bonds. The lowest BCUT2D eigenvalue weighted by Crippen LogP contribution is -2.33. The molecular weight excluding hydrogens is 260 g/mol. The Labute approximate surface area is 126 Å². The highest BCUT2D eigenvalue weighted by atomic mass is 16.2. The van der Waals surface area contributed by atoms with Crippen molar-refractivity contribution in [2.45, 2.75) is 20.3 Å². The summed E-state index contributed by atoms with van der Waals surface area (Å²) < 4.78 is 0. The van der Waals surface area contributed by atoms with Gasteiger partial charge in [0, 0.05) is 18.8 Å². The van der Waals surface area contributed by atoms with Gasteiger partial charge in [0.15, 0.2) is 0 Å². The van der Waals surface area contributed by atoms with Crippen molar-refractivity contribution in [1.29, 1.82) is 0 Å². The van der Waals surface area contributed by atoms with E-state index in [-0.39, 0.29) is 5.91 Å². The summed E-state index contributed by atoms with van der Waals surface area (Å²) in [4.78, 5) is 14.5. The van der Waals surface area contributed by atoms with Gasteiger partial charge >= 0.3 is 0 Å². The van der Waals surface area contributed by atoms with E-state index in [9.17, 15) is 4.79 Å². The van der Waals surface area contributed by atoms with Gasteiger partial charge in [-0.15, -0.1) is 0 Å². The Kier molecular flexibility index (Phi) is 4.99. The Morgan fingerprint density at radius 3 is 2.43 bits per heavy atom. The molecule has 0 unspecified atom stereocenters. The van der Waals surface area contributed by atoms with Crippen LogP contribution in [0.5, 0.6) is 0 Å². The van der Waals surface area contributed by atoms with Crippen molar-refractivity contribution in [2.24, 2.45) is 0 Å². The monoisotopic (exact) mass is 282 g/mol. The predicted molar refractivity (Wildman–Crippen MR) is 87.3 cm³/mol. The molecule has 3 nitrogen and oxygen atoms in total. The zero-order valence-electron chi connectivity index (χ0n) is 12.7. The molecule has 3 heteroatoms. The normalized spacial score (nSPS) is 10.4. The molecule has 0 bridgehead atoms. The molecule has 21 heavy (non-hydrogen) atoms. The van der Waals surface area contributed by atoms with Crippen LogP contribution in [0.1, 0.15) is 28.4 Å². The van der Waals surface area contributed by atoms with Crippen LogP contribution in [-0.4, -0.2) is 23.9 Å². The third-order valence-electron chi connectivity index (χ3n) is 3.70. The van der Waals surface area contributed by atoms with Crippen molar-refractivity contribution < 1.29 is 4.79 Å². The summed E-state index contributed by atoms with van der Waals surface area (Å²) in [7, 11) is 0. The Hall–Kier alpha value is -2.29. The van der Waals surface area contributed by atoms with Crippen molar-refractivity contribution in [3.05, 3.63) is 65.2 Å². The number of carbonyl (C=O) groups excluding carboxylic acids is 1. The fourth-order valence-electron chi connectivity index (χ4n) is 2.45. The largest absolute Gasteiger partial charge is 0.398 e. The van der Waals surface area contributed by atoms with E-state index in [1.165, 1.54) is 5.56 Å². The minimum absolute atomic E-state index is 0.0176. The molecule has 0 fully saturated rings. The number of benzene rings is 2. The summed E-state index contributed by atoms with van der Waals surface area (Å²) >= 11 is 0. The van der Waals surface area contributed by atoms with Crippen LogP contribution in [0.4, 0.5) is 5.69 Å². The van der Waals surface area contributed by atoms with E-state index in [0.717, 1.165) is 12.0 Å². The molecule has 0 aromatic heterocycles. The van der Waals surface area contributed by atoms with Crippen LogP contribution in [0.2, 0.25) is 0 Å². The number of aryl methyl sites for hydroxylation is 1. The quantitative estimate of drug-likeness (QED) is 0.855. The number of hydrogen-bond acceptors (Lipinski definition) is 2. The summed E-state index contributed by atoms with van der Waals surface area (Å²) in [6.07, 6.45) is 0.853. The first-order chi connectivity index (χ1) is 10.1. The van der Waals surface area contributed by atoms with Crippen LogP contribution in [0, 0.1) is 6.92 Å². The van der Waals surface area contributed by atoms with E-state index in [1.54, 1.807) is 6.07 Å². The maximum atomic E-state index is 12.7. The number of amides is 1. The van der Waals surface area contributed by atoms with Gasteiger partial charge in [-0.3, -0.25) is 4.79 Å². The molecule has 0 saturated heterocycles. The van der Waals surface area contributed by atoms with Crippen LogP contribution in [0.3, 0.4) is 0 Å². The number of nitrogen functional groups attached to an aromatic ring is 1. The van der Waals surface area contributed by atoms with Crippen molar-refractivity contribution in [2.75, 3.05) is 18.8 Å². The molecule has 2 aromatic rings. The predicted octanol–water partition coefficient (Wildman–Crippen LogP) is 3.28. The number of hydrogen-bond donors (Lipinski definition) is 1. The van der Waals surface area contributed by atoms with E-state index in [4.69, 9.17) is 5.73 Å². The molecule has 0 aliphatic rings. The van der Waals surface area contributed by atoms with Gasteiger partial charge in [-0.1, -0.05) is 42.5 Å². The second-order valence-corrected chi connectivity index (χ2v) is 5.16. The molecule has 0 radical (unpaired) electrons. The minimum atomic E-state index is 0.0176. The number of rotatable bonds is 5. The van der Waals surface area contributed by atoms with Gasteiger partial charge in [-0.25, -0.2) is 0 Å². The first-order valence-electron chi connectivity index (χ1n) is 7.31. The number of carbonyl (C=O) groups is 1. The fraction of sp³-hybridized carbons (Fsp3) is 0.278. The highest BCUT2D eigenvalue weighted by Crippen LogP contribution is 2.18. The molecule has 0 aliphatic carbocycles. The molecule has 0 atom stereocenters. The van der Waals surface area contributed by atoms with Gasteiger partial charge in [0.1, 0.15) is 0 Å². The maximum absolute atomic E-state index is 12.7. The van der Waals surface area contributed by atoms with Gasteiger partial charge in [0.05, 0.1) is 5.56 Å². The lowest BCUT2D eigenvalue weighted by atomic mass is 10.0. The summed E-state index contributed by atoms with van der Waals surface area (Å²) in [6.45, 7) is 5.30. The lowest BCUT2D eigenvalue weighted by Gasteiger charge is -2.22. The Morgan fingerprint density at radius 1 is 1.10 bits per heavy atom. The summed E-state index contributed by atoms with van der Waals surface area (Å²) in [5, 5.41) is 0. The summed E-state index contributed by atoms with van der Waals surface area (Å²) in [5.74, 6) is 0.0176. The van der Waals surface area contributed by atoms with Gasteiger partial charge < -0.3 is 10.6 Å². The molecule has 2 N–H and O–H groups in total. The molecule has 110 valence electrons. The minimum Gasteiger partial charge on any atom is -0.398 e. The van der Waals surface area contributed by atoms with Crippen molar-refractivity contribution in [3.8, 4) is 0 Å². The van der Waals surface area contributed by atoms with Crippen LogP contribution in [0.25, 0.3) is 0 Å². The van der Waals surface area contributed by atoms with Gasteiger partial charge in [-0.2, -0.15) is 0 Å². The average molecular weight is 282 g/mol. The second kappa shape index (κ2) is 6.93. The van der Waals surface area contributed by atoms with E-state index in [2.05, 4.69) is 12.1 Å². The molecule has 0 aliphatic heterocycles. The van der Waals surface area contributed by atoms with Gasteiger partial charge in [-0.05, 0) is 37.5 Å². The first kappa shape index (κ1) is 15.1. The van der Waals surface area contributed by atoms with E-state index in [1.807, 2.05) is 49.1 Å². The van der Waals surface area contributed by atoms with E-state index in [0.29, 0.717) is 24.3 Å². The zero-order chi connectivity index (χ0) is 15.2. The Balaban J connectivity index is 2.12. The maximum Gasteiger partial charge on any atom is 0.256 e. The zero-order valence-corrected chi connectivity index (χ0v) is 12.7. The molecular formula is C18H22N2O. The third kappa shape index (κ3) is 3.63. The van der Waals surface area contributed by atoms with Crippen molar-refractivity contribution in [3.63, 3.8) is 0 Å². The average Bonchev–Trinajstić information content (AvgIpc) is 2.49. The standard InChI is InChI=1S/C18H22N2O/c1-3-20(13-12-15-9-5-4-6-10-15)18(21)17-14(2)8-7-11-16(17)19/h4-11H,3,12-13,19H2,1-2H3. The number of nitrogens with zero attached hydrogens (tertiary/aromatic N) is 1. The van der Waals surface area contributed by atoms with Gasteiger partial charge in [0.25, 0.3) is 5.91 Å². The highest BCUT2D eigenvalue weighted by molar-refractivity contribution is 6.00.